The summed E-state index contributed by atoms with van der Waals surface area (Å²) in [5, 5.41) is 4.19. The Hall–Kier alpha value is -0.760. The van der Waals surface area contributed by atoms with Gasteiger partial charge in [0.15, 0.2) is 5.15 Å². The smallest absolute Gasteiger partial charge is 0.152 e. The number of nitrogens with zero attached hydrogens (tertiary/aromatic N) is 1. The van der Waals surface area contributed by atoms with Gasteiger partial charge in [-0.15, -0.1) is 0 Å². The SMILES string of the molecule is Cc1cnc(Cl)c(NC2CC3CCC2C3)c1. The average molecular weight is 237 g/mol. The highest BCUT2D eigenvalue weighted by Crippen LogP contribution is 2.45. The quantitative estimate of drug-likeness (QED) is 0.793. The van der Waals surface area contributed by atoms with E-state index in [1.807, 2.05) is 6.20 Å². The van der Waals surface area contributed by atoms with Gasteiger partial charge >= 0.3 is 0 Å². The number of aromatic nitrogens is 1. The largest absolute Gasteiger partial charge is 0.380 e. The molecule has 0 amide bonds. The Morgan fingerprint density at radius 2 is 2.25 bits per heavy atom. The molecule has 1 N–H and O–H groups in total. The highest BCUT2D eigenvalue weighted by molar-refractivity contribution is 6.31. The maximum absolute atomic E-state index is 6.10. The topological polar surface area (TPSA) is 24.9 Å². The van der Waals surface area contributed by atoms with Crippen molar-refractivity contribution in [1.29, 1.82) is 0 Å². The molecule has 3 atom stereocenters. The van der Waals surface area contributed by atoms with Gasteiger partial charge in [-0.05, 0) is 49.7 Å². The molecule has 0 saturated heterocycles. The predicted octanol–water partition coefficient (Wildman–Crippen LogP) is 3.64. The van der Waals surface area contributed by atoms with Crippen LogP contribution >= 0.6 is 11.6 Å². The third-order valence-electron chi connectivity index (χ3n) is 4.05. The van der Waals surface area contributed by atoms with E-state index < -0.39 is 0 Å². The molecule has 16 heavy (non-hydrogen) atoms. The number of rotatable bonds is 2. The molecule has 2 aliphatic carbocycles. The number of aryl methyl sites for hydroxylation is 1. The summed E-state index contributed by atoms with van der Waals surface area (Å²) in [6.45, 7) is 2.05. The zero-order valence-corrected chi connectivity index (χ0v) is 10.3. The fourth-order valence-electron chi connectivity index (χ4n) is 3.27. The van der Waals surface area contributed by atoms with Gasteiger partial charge in [0.05, 0.1) is 5.69 Å². The Labute approximate surface area is 101 Å². The van der Waals surface area contributed by atoms with E-state index >= 15 is 0 Å². The van der Waals surface area contributed by atoms with Gasteiger partial charge < -0.3 is 5.32 Å². The third-order valence-corrected chi connectivity index (χ3v) is 4.36. The Morgan fingerprint density at radius 3 is 2.94 bits per heavy atom. The van der Waals surface area contributed by atoms with Crippen LogP contribution in [0, 0.1) is 18.8 Å². The molecule has 2 aliphatic rings. The van der Waals surface area contributed by atoms with Crippen LogP contribution in [0.15, 0.2) is 12.3 Å². The van der Waals surface area contributed by atoms with Crippen LogP contribution in [0.25, 0.3) is 0 Å². The normalized spacial score (nSPS) is 32.0. The molecule has 2 nitrogen and oxygen atoms in total. The minimum Gasteiger partial charge on any atom is -0.380 e. The highest BCUT2D eigenvalue weighted by atomic mass is 35.5. The number of hydrogen-bond acceptors (Lipinski definition) is 2. The molecular formula is C13H17ClN2. The second-order valence-electron chi connectivity index (χ2n) is 5.28. The minimum absolute atomic E-state index is 0.605. The summed E-state index contributed by atoms with van der Waals surface area (Å²) in [6, 6.07) is 2.72. The van der Waals surface area contributed by atoms with Crippen LogP contribution in [-0.2, 0) is 0 Å². The first kappa shape index (κ1) is 10.4. The van der Waals surface area contributed by atoms with Crippen LogP contribution in [0.1, 0.15) is 31.2 Å². The molecule has 1 aromatic rings. The van der Waals surface area contributed by atoms with Gasteiger partial charge in [0.25, 0.3) is 0 Å². The van der Waals surface area contributed by atoms with Crippen molar-refractivity contribution in [3.05, 3.63) is 23.0 Å². The summed E-state index contributed by atoms with van der Waals surface area (Å²) < 4.78 is 0. The molecule has 2 saturated carbocycles. The monoisotopic (exact) mass is 236 g/mol. The van der Waals surface area contributed by atoms with E-state index in [0.717, 1.165) is 23.1 Å². The van der Waals surface area contributed by atoms with E-state index in [-0.39, 0.29) is 0 Å². The van der Waals surface area contributed by atoms with E-state index in [1.165, 1.54) is 25.7 Å². The fraction of sp³-hybridized carbons (Fsp3) is 0.615. The van der Waals surface area contributed by atoms with E-state index in [0.29, 0.717) is 11.2 Å². The van der Waals surface area contributed by atoms with Crippen LogP contribution in [0.4, 0.5) is 5.69 Å². The van der Waals surface area contributed by atoms with E-state index in [1.54, 1.807) is 0 Å². The van der Waals surface area contributed by atoms with Crippen molar-refractivity contribution < 1.29 is 0 Å². The summed E-state index contributed by atoms with van der Waals surface area (Å²) in [6.07, 6.45) is 7.36. The minimum atomic E-state index is 0.605. The van der Waals surface area contributed by atoms with Gasteiger partial charge in [0.2, 0.25) is 0 Å². The van der Waals surface area contributed by atoms with Crippen molar-refractivity contribution in [2.24, 2.45) is 11.8 Å². The standard InChI is InChI=1S/C13H17ClN2/c1-8-4-12(13(14)15-7-8)16-11-6-9-2-3-10(11)5-9/h4,7,9-11,16H,2-3,5-6H2,1H3. The number of halogens is 1. The van der Waals surface area contributed by atoms with Gasteiger partial charge in [0.1, 0.15) is 0 Å². The van der Waals surface area contributed by atoms with Crippen molar-refractivity contribution in [2.45, 2.75) is 38.6 Å². The Morgan fingerprint density at radius 1 is 1.38 bits per heavy atom. The second kappa shape index (κ2) is 3.92. The van der Waals surface area contributed by atoms with E-state index in [9.17, 15) is 0 Å². The average Bonchev–Trinajstić information content (AvgIpc) is 2.85. The van der Waals surface area contributed by atoms with Gasteiger partial charge in [0, 0.05) is 12.2 Å². The van der Waals surface area contributed by atoms with E-state index in [2.05, 4.69) is 23.3 Å². The molecule has 2 fully saturated rings. The van der Waals surface area contributed by atoms with Gasteiger partial charge in [-0.3, -0.25) is 0 Å². The Balaban J connectivity index is 1.76. The van der Waals surface area contributed by atoms with Gasteiger partial charge in [-0.1, -0.05) is 18.0 Å². The first-order valence-electron chi connectivity index (χ1n) is 6.11. The maximum atomic E-state index is 6.10. The molecule has 0 aliphatic heterocycles. The van der Waals surface area contributed by atoms with Crippen LogP contribution in [-0.4, -0.2) is 11.0 Å². The van der Waals surface area contributed by atoms with E-state index in [4.69, 9.17) is 11.6 Å². The van der Waals surface area contributed by atoms with Crippen LogP contribution < -0.4 is 5.32 Å². The number of fused-ring (bicyclic) bond motifs is 2. The van der Waals surface area contributed by atoms with Crippen molar-refractivity contribution in [1.82, 2.24) is 4.98 Å². The van der Waals surface area contributed by atoms with Crippen LogP contribution in [0.3, 0.4) is 0 Å². The van der Waals surface area contributed by atoms with Crippen molar-refractivity contribution in [2.75, 3.05) is 5.32 Å². The van der Waals surface area contributed by atoms with Gasteiger partial charge in [-0.2, -0.15) is 0 Å². The molecule has 2 bridgehead atoms. The summed E-state index contributed by atoms with van der Waals surface area (Å²) in [5.41, 5.74) is 2.18. The second-order valence-corrected chi connectivity index (χ2v) is 5.63. The van der Waals surface area contributed by atoms with Crippen molar-refractivity contribution in [3.63, 3.8) is 0 Å². The van der Waals surface area contributed by atoms with Crippen LogP contribution in [0.5, 0.6) is 0 Å². The lowest BCUT2D eigenvalue weighted by Crippen LogP contribution is -2.26. The summed E-state index contributed by atoms with van der Waals surface area (Å²) in [5.74, 6) is 1.82. The Kier molecular flexibility index (Phi) is 2.55. The summed E-state index contributed by atoms with van der Waals surface area (Å²) in [4.78, 5) is 4.19. The molecule has 1 aromatic heterocycles. The maximum Gasteiger partial charge on any atom is 0.152 e. The third kappa shape index (κ3) is 1.80. The Bertz CT molecular complexity index is 405. The lowest BCUT2D eigenvalue weighted by Gasteiger charge is -2.24. The van der Waals surface area contributed by atoms with Gasteiger partial charge in [-0.25, -0.2) is 4.98 Å². The molecule has 3 heteroatoms. The zero-order chi connectivity index (χ0) is 11.1. The van der Waals surface area contributed by atoms with Crippen LogP contribution in [0.2, 0.25) is 5.15 Å². The zero-order valence-electron chi connectivity index (χ0n) is 9.54. The summed E-state index contributed by atoms with van der Waals surface area (Å²) in [7, 11) is 0. The lowest BCUT2D eigenvalue weighted by molar-refractivity contribution is 0.439. The molecule has 1 heterocycles. The summed E-state index contributed by atoms with van der Waals surface area (Å²) >= 11 is 6.10. The van der Waals surface area contributed by atoms with Crippen molar-refractivity contribution >= 4 is 17.3 Å². The first-order chi connectivity index (χ1) is 7.72. The predicted molar refractivity (Wildman–Crippen MR) is 66.8 cm³/mol. The highest BCUT2D eigenvalue weighted by Gasteiger charge is 2.39. The molecular weight excluding hydrogens is 220 g/mol. The number of nitrogens with one attached hydrogen (secondary N) is 1. The molecule has 0 radical (unpaired) electrons. The molecule has 3 rings (SSSR count). The number of hydrogen-bond donors (Lipinski definition) is 1. The molecule has 0 aromatic carbocycles. The molecule has 3 unspecified atom stereocenters. The van der Waals surface area contributed by atoms with Crippen molar-refractivity contribution in [3.8, 4) is 0 Å². The first-order valence-corrected chi connectivity index (χ1v) is 6.49. The molecule has 86 valence electrons. The number of pyridine rings is 1. The molecule has 0 spiro atoms. The lowest BCUT2D eigenvalue weighted by atomic mass is 9.95. The number of anilines is 1. The fourth-order valence-corrected chi connectivity index (χ4v) is 3.43.